The molecule has 1 unspecified atom stereocenters. The fraction of sp³-hybridized carbons (Fsp3) is 0.250. The molecule has 0 aromatic heterocycles. The zero-order chi connectivity index (χ0) is 15.4. The highest BCUT2D eigenvalue weighted by molar-refractivity contribution is 6.31. The molecule has 0 spiro atoms. The van der Waals surface area contributed by atoms with E-state index in [9.17, 15) is 0 Å². The summed E-state index contributed by atoms with van der Waals surface area (Å²) in [5.74, 6) is 1.96. The van der Waals surface area contributed by atoms with Gasteiger partial charge in [0.05, 0.1) is 32.3 Å². The molecule has 2 aromatic rings. The van der Waals surface area contributed by atoms with Crippen molar-refractivity contribution in [1.29, 1.82) is 0 Å². The molecule has 0 aliphatic heterocycles. The Morgan fingerprint density at radius 3 is 1.95 bits per heavy atom. The van der Waals surface area contributed by atoms with Crippen LogP contribution in [0.25, 0.3) is 0 Å². The molecule has 0 fully saturated rings. The molecular weight excluding hydrogens is 311 g/mol. The lowest BCUT2D eigenvalue weighted by Crippen LogP contribution is -2.03. The van der Waals surface area contributed by atoms with Crippen molar-refractivity contribution in [2.45, 2.75) is 5.38 Å². The van der Waals surface area contributed by atoms with Crippen LogP contribution in [0.1, 0.15) is 16.5 Å². The second-order valence-electron chi connectivity index (χ2n) is 4.33. The van der Waals surface area contributed by atoms with Crippen molar-refractivity contribution >= 4 is 23.2 Å². The van der Waals surface area contributed by atoms with Crippen molar-refractivity contribution in [3.63, 3.8) is 0 Å². The minimum Gasteiger partial charge on any atom is -0.496 e. The van der Waals surface area contributed by atoms with Crippen LogP contribution < -0.4 is 14.2 Å². The monoisotopic (exact) mass is 326 g/mol. The molecule has 0 N–H and O–H groups in total. The quantitative estimate of drug-likeness (QED) is 0.746. The standard InChI is InChI=1S/C16H16Cl2O3/c1-19-12-8-7-10(17)9-11(12)16(18)15-13(20-2)5-4-6-14(15)21-3/h4-9,16H,1-3H3. The first-order valence-corrected chi connectivity index (χ1v) is 7.12. The molecule has 0 aliphatic carbocycles. The van der Waals surface area contributed by atoms with Gasteiger partial charge in [0.1, 0.15) is 17.2 Å². The SMILES string of the molecule is COc1ccc(Cl)cc1C(Cl)c1c(OC)cccc1OC. The first-order chi connectivity index (χ1) is 10.1. The Balaban J connectivity index is 2.59. The summed E-state index contributed by atoms with van der Waals surface area (Å²) in [6.45, 7) is 0. The van der Waals surface area contributed by atoms with Gasteiger partial charge in [-0.15, -0.1) is 11.6 Å². The number of halogens is 2. The third kappa shape index (κ3) is 3.20. The molecule has 112 valence electrons. The van der Waals surface area contributed by atoms with E-state index in [4.69, 9.17) is 37.4 Å². The molecule has 2 rings (SSSR count). The molecule has 0 saturated carbocycles. The number of benzene rings is 2. The van der Waals surface area contributed by atoms with Gasteiger partial charge in [0.25, 0.3) is 0 Å². The Morgan fingerprint density at radius 1 is 0.857 bits per heavy atom. The molecule has 0 heterocycles. The summed E-state index contributed by atoms with van der Waals surface area (Å²) < 4.78 is 16.2. The Labute approximate surface area is 134 Å². The van der Waals surface area contributed by atoms with Crippen LogP contribution in [0.15, 0.2) is 36.4 Å². The van der Waals surface area contributed by atoms with E-state index < -0.39 is 5.38 Å². The fourth-order valence-electron chi connectivity index (χ4n) is 2.19. The maximum Gasteiger partial charge on any atom is 0.127 e. The maximum absolute atomic E-state index is 6.66. The van der Waals surface area contributed by atoms with Crippen molar-refractivity contribution in [3.05, 3.63) is 52.5 Å². The van der Waals surface area contributed by atoms with E-state index in [1.807, 2.05) is 18.2 Å². The third-order valence-corrected chi connectivity index (χ3v) is 3.87. The normalized spacial score (nSPS) is 11.9. The van der Waals surface area contributed by atoms with Crippen molar-refractivity contribution in [1.82, 2.24) is 0 Å². The molecule has 1 atom stereocenters. The topological polar surface area (TPSA) is 27.7 Å². The van der Waals surface area contributed by atoms with Crippen LogP contribution in [0.4, 0.5) is 0 Å². The Kier molecular flexibility index (Phi) is 5.21. The molecule has 0 amide bonds. The lowest BCUT2D eigenvalue weighted by molar-refractivity contribution is 0.384. The molecule has 5 heteroatoms. The van der Waals surface area contributed by atoms with Gasteiger partial charge in [-0.3, -0.25) is 0 Å². The summed E-state index contributed by atoms with van der Waals surface area (Å²) >= 11 is 12.7. The van der Waals surface area contributed by atoms with Gasteiger partial charge in [-0.25, -0.2) is 0 Å². The first kappa shape index (κ1) is 15.8. The summed E-state index contributed by atoms with van der Waals surface area (Å²) in [7, 11) is 4.78. The predicted molar refractivity (Wildman–Crippen MR) is 85.2 cm³/mol. The van der Waals surface area contributed by atoms with E-state index in [-0.39, 0.29) is 0 Å². The molecule has 3 nitrogen and oxygen atoms in total. The Bertz CT molecular complexity index is 607. The predicted octanol–water partition coefficient (Wildman–Crippen LogP) is 4.69. The van der Waals surface area contributed by atoms with E-state index >= 15 is 0 Å². The summed E-state index contributed by atoms with van der Waals surface area (Å²) in [5, 5.41) is 0.0788. The van der Waals surface area contributed by atoms with E-state index in [0.29, 0.717) is 22.3 Å². The number of rotatable bonds is 5. The molecule has 21 heavy (non-hydrogen) atoms. The average molecular weight is 327 g/mol. The number of hydrogen-bond acceptors (Lipinski definition) is 3. The van der Waals surface area contributed by atoms with Crippen LogP contribution in [-0.4, -0.2) is 21.3 Å². The molecule has 0 bridgehead atoms. The van der Waals surface area contributed by atoms with E-state index in [1.165, 1.54) is 0 Å². The maximum atomic E-state index is 6.66. The minimum atomic E-state index is -0.509. The van der Waals surface area contributed by atoms with Crippen LogP contribution in [0, 0.1) is 0 Å². The highest BCUT2D eigenvalue weighted by Gasteiger charge is 2.23. The molecule has 0 aliphatic rings. The van der Waals surface area contributed by atoms with Crippen LogP contribution in [0.2, 0.25) is 5.02 Å². The number of alkyl halides is 1. The largest absolute Gasteiger partial charge is 0.496 e. The lowest BCUT2D eigenvalue weighted by Gasteiger charge is -2.19. The molecular formula is C16H16Cl2O3. The molecule has 2 aromatic carbocycles. The smallest absolute Gasteiger partial charge is 0.127 e. The van der Waals surface area contributed by atoms with Crippen LogP contribution >= 0.6 is 23.2 Å². The highest BCUT2D eigenvalue weighted by atomic mass is 35.5. The summed E-state index contributed by atoms with van der Waals surface area (Å²) in [4.78, 5) is 0. The first-order valence-electron chi connectivity index (χ1n) is 6.30. The van der Waals surface area contributed by atoms with E-state index in [1.54, 1.807) is 39.5 Å². The van der Waals surface area contributed by atoms with Gasteiger partial charge >= 0.3 is 0 Å². The van der Waals surface area contributed by atoms with Crippen molar-refractivity contribution in [2.24, 2.45) is 0 Å². The third-order valence-electron chi connectivity index (χ3n) is 3.18. The van der Waals surface area contributed by atoms with Gasteiger partial charge < -0.3 is 14.2 Å². The number of ether oxygens (including phenoxy) is 3. The van der Waals surface area contributed by atoms with Crippen molar-refractivity contribution < 1.29 is 14.2 Å². The Morgan fingerprint density at radius 2 is 1.43 bits per heavy atom. The van der Waals surface area contributed by atoms with Gasteiger partial charge in [0.2, 0.25) is 0 Å². The second kappa shape index (κ2) is 6.92. The average Bonchev–Trinajstić information content (AvgIpc) is 2.53. The summed E-state index contributed by atoms with van der Waals surface area (Å²) in [6.07, 6.45) is 0. The molecule has 0 saturated heterocycles. The summed E-state index contributed by atoms with van der Waals surface area (Å²) in [6, 6.07) is 10.8. The highest BCUT2D eigenvalue weighted by Crippen LogP contribution is 2.44. The van der Waals surface area contributed by atoms with Gasteiger partial charge in [-0.05, 0) is 30.3 Å². The lowest BCUT2D eigenvalue weighted by atomic mass is 10.0. The minimum absolute atomic E-state index is 0.509. The van der Waals surface area contributed by atoms with Crippen molar-refractivity contribution in [3.8, 4) is 17.2 Å². The van der Waals surface area contributed by atoms with E-state index in [2.05, 4.69) is 0 Å². The van der Waals surface area contributed by atoms with Crippen LogP contribution in [0.3, 0.4) is 0 Å². The second-order valence-corrected chi connectivity index (χ2v) is 5.20. The van der Waals surface area contributed by atoms with Gasteiger partial charge in [0, 0.05) is 10.6 Å². The zero-order valence-electron chi connectivity index (χ0n) is 12.0. The van der Waals surface area contributed by atoms with Gasteiger partial charge in [-0.2, -0.15) is 0 Å². The van der Waals surface area contributed by atoms with Crippen LogP contribution in [0.5, 0.6) is 17.2 Å². The molecule has 0 radical (unpaired) electrons. The van der Waals surface area contributed by atoms with E-state index in [0.717, 1.165) is 11.1 Å². The van der Waals surface area contributed by atoms with Crippen molar-refractivity contribution in [2.75, 3.05) is 21.3 Å². The Hall–Kier alpha value is -1.58. The zero-order valence-corrected chi connectivity index (χ0v) is 13.5. The summed E-state index contributed by atoms with van der Waals surface area (Å²) in [5.41, 5.74) is 1.50. The number of hydrogen-bond donors (Lipinski definition) is 0. The van der Waals surface area contributed by atoms with Crippen LogP contribution in [-0.2, 0) is 0 Å². The number of methoxy groups -OCH3 is 3. The fourth-order valence-corrected chi connectivity index (χ4v) is 2.75. The van der Waals surface area contributed by atoms with Gasteiger partial charge in [0.15, 0.2) is 0 Å². The van der Waals surface area contributed by atoms with Gasteiger partial charge in [-0.1, -0.05) is 17.7 Å².